The second-order valence-electron chi connectivity index (χ2n) is 5.51. The number of amides is 1. The van der Waals surface area contributed by atoms with Crippen molar-refractivity contribution in [1.29, 1.82) is 0 Å². The number of aromatic nitrogens is 1. The molecule has 2 aromatic carbocycles. The summed E-state index contributed by atoms with van der Waals surface area (Å²) in [4.78, 5) is 18.7. The zero-order valence-electron chi connectivity index (χ0n) is 14.1. The van der Waals surface area contributed by atoms with E-state index in [1.807, 2.05) is 66.5 Å². The van der Waals surface area contributed by atoms with Crippen LogP contribution in [0.2, 0.25) is 0 Å². The number of anilines is 3. The molecule has 1 amide bonds. The van der Waals surface area contributed by atoms with Crippen molar-refractivity contribution in [3.05, 3.63) is 78.6 Å². The Kier molecular flexibility index (Phi) is 4.95. The van der Waals surface area contributed by atoms with Crippen molar-refractivity contribution in [2.24, 2.45) is 0 Å². The van der Waals surface area contributed by atoms with Gasteiger partial charge in [-0.2, -0.15) is 0 Å². The van der Waals surface area contributed by atoms with Gasteiger partial charge < -0.3 is 15.0 Å². The fourth-order valence-electron chi connectivity index (χ4n) is 2.44. The van der Waals surface area contributed by atoms with Crippen LogP contribution in [0.25, 0.3) is 0 Å². The van der Waals surface area contributed by atoms with Crippen LogP contribution in [0, 0.1) is 0 Å². The third-order valence-corrected chi connectivity index (χ3v) is 3.84. The second-order valence-corrected chi connectivity index (χ2v) is 5.51. The predicted molar refractivity (Wildman–Crippen MR) is 99.7 cm³/mol. The molecule has 0 bridgehead atoms. The van der Waals surface area contributed by atoms with Crippen LogP contribution in [0.1, 0.15) is 10.4 Å². The van der Waals surface area contributed by atoms with E-state index in [0.29, 0.717) is 17.0 Å². The fraction of sp³-hybridized carbons (Fsp3) is 0.100. The number of hydrogen-bond donors (Lipinski definition) is 1. The predicted octanol–water partition coefficient (Wildman–Crippen LogP) is 4.11. The number of para-hydroxylation sites is 1. The molecule has 5 nitrogen and oxygen atoms in total. The number of benzene rings is 2. The molecule has 0 saturated carbocycles. The Hall–Kier alpha value is -3.34. The van der Waals surface area contributed by atoms with Crippen molar-refractivity contribution in [3.8, 4) is 5.75 Å². The first-order valence-corrected chi connectivity index (χ1v) is 7.86. The lowest BCUT2D eigenvalue weighted by Gasteiger charge is -2.19. The average Bonchev–Trinajstić information content (AvgIpc) is 2.68. The maximum Gasteiger partial charge on any atom is 0.257 e. The molecule has 0 aliphatic heterocycles. The van der Waals surface area contributed by atoms with Gasteiger partial charge in [0.15, 0.2) is 0 Å². The summed E-state index contributed by atoms with van der Waals surface area (Å²) in [6, 6.07) is 19.0. The lowest BCUT2D eigenvalue weighted by Crippen LogP contribution is -2.15. The van der Waals surface area contributed by atoms with Crippen molar-refractivity contribution in [1.82, 2.24) is 4.98 Å². The summed E-state index contributed by atoms with van der Waals surface area (Å²) in [7, 11) is 3.53. The molecular weight excluding hydrogens is 314 g/mol. The molecule has 1 N–H and O–H groups in total. The Labute approximate surface area is 146 Å². The van der Waals surface area contributed by atoms with Gasteiger partial charge in [-0.25, -0.2) is 0 Å². The number of hydrogen-bond acceptors (Lipinski definition) is 4. The van der Waals surface area contributed by atoms with E-state index in [1.165, 1.54) is 0 Å². The Morgan fingerprint density at radius 1 is 1.00 bits per heavy atom. The van der Waals surface area contributed by atoms with Gasteiger partial charge in [0.2, 0.25) is 0 Å². The van der Waals surface area contributed by atoms with Gasteiger partial charge in [-0.1, -0.05) is 24.3 Å². The van der Waals surface area contributed by atoms with Gasteiger partial charge in [-0.05, 0) is 30.3 Å². The normalized spacial score (nSPS) is 10.2. The Morgan fingerprint density at radius 3 is 2.56 bits per heavy atom. The number of nitrogens with zero attached hydrogens (tertiary/aromatic N) is 2. The molecular formula is C20H19N3O2. The van der Waals surface area contributed by atoms with E-state index in [9.17, 15) is 4.79 Å². The first-order valence-electron chi connectivity index (χ1n) is 7.86. The largest absolute Gasteiger partial charge is 0.497 e. The topological polar surface area (TPSA) is 54.5 Å². The quantitative estimate of drug-likeness (QED) is 0.763. The maximum absolute atomic E-state index is 12.5. The summed E-state index contributed by atoms with van der Waals surface area (Å²) < 4.78 is 5.17. The van der Waals surface area contributed by atoms with Crippen LogP contribution < -0.4 is 15.0 Å². The summed E-state index contributed by atoms with van der Waals surface area (Å²) in [6.07, 6.45) is 3.28. The smallest absolute Gasteiger partial charge is 0.257 e. The lowest BCUT2D eigenvalue weighted by molar-refractivity contribution is 0.102. The highest BCUT2D eigenvalue weighted by Gasteiger charge is 2.11. The molecule has 1 aromatic heterocycles. The van der Waals surface area contributed by atoms with Crippen LogP contribution in [-0.2, 0) is 0 Å². The van der Waals surface area contributed by atoms with E-state index in [4.69, 9.17) is 4.74 Å². The minimum Gasteiger partial charge on any atom is -0.497 e. The van der Waals surface area contributed by atoms with Gasteiger partial charge in [0, 0.05) is 30.7 Å². The van der Waals surface area contributed by atoms with Crippen LogP contribution in [-0.4, -0.2) is 25.0 Å². The molecule has 5 heteroatoms. The zero-order valence-corrected chi connectivity index (χ0v) is 14.1. The van der Waals surface area contributed by atoms with E-state index >= 15 is 0 Å². The lowest BCUT2D eigenvalue weighted by atomic mass is 10.2. The molecule has 25 heavy (non-hydrogen) atoms. The van der Waals surface area contributed by atoms with Crippen molar-refractivity contribution >= 4 is 23.0 Å². The number of pyridine rings is 1. The number of carbonyl (C=O) groups is 1. The van der Waals surface area contributed by atoms with Crippen LogP contribution in [0.3, 0.4) is 0 Å². The molecule has 0 atom stereocenters. The Morgan fingerprint density at radius 2 is 1.80 bits per heavy atom. The van der Waals surface area contributed by atoms with Crippen molar-refractivity contribution in [2.45, 2.75) is 0 Å². The zero-order chi connectivity index (χ0) is 17.6. The van der Waals surface area contributed by atoms with E-state index < -0.39 is 0 Å². The van der Waals surface area contributed by atoms with Gasteiger partial charge in [-0.3, -0.25) is 9.78 Å². The Balaban J connectivity index is 1.79. The molecule has 0 aliphatic rings. The Bertz CT molecular complexity index is 866. The summed E-state index contributed by atoms with van der Waals surface area (Å²) in [5.74, 6) is 0.470. The summed E-state index contributed by atoms with van der Waals surface area (Å²) >= 11 is 0. The SMILES string of the molecule is COc1cccc(NC(=O)c2cncc(N(C)c3ccccc3)c2)c1. The minimum absolute atomic E-state index is 0.218. The molecule has 1 heterocycles. The first kappa shape index (κ1) is 16.5. The average molecular weight is 333 g/mol. The van der Waals surface area contributed by atoms with Crippen LogP contribution in [0.5, 0.6) is 5.75 Å². The van der Waals surface area contributed by atoms with Gasteiger partial charge in [0.1, 0.15) is 5.75 Å². The third-order valence-electron chi connectivity index (χ3n) is 3.84. The van der Waals surface area contributed by atoms with Gasteiger partial charge in [0.05, 0.1) is 24.6 Å². The highest BCUT2D eigenvalue weighted by atomic mass is 16.5. The molecule has 126 valence electrons. The van der Waals surface area contributed by atoms with Crippen LogP contribution >= 0.6 is 0 Å². The van der Waals surface area contributed by atoms with Crippen molar-refractivity contribution in [2.75, 3.05) is 24.4 Å². The minimum atomic E-state index is -0.218. The molecule has 0 radical (unpaired) electrons. The van der Waals surface area contributed by atoms with Gasteiger partial charge >= 0.3 is 0 Å². The molecule has 0 unspecified atom stereocenters. The first-order chi connectivity index (χ1) is 12.2. The van der Waals surface area contributed by atoms with E-state index in [0.717, 1.165) is 11.4 Å². The second kappa shape index (κ2) is 7.49. The van der Waals surface area contributed by atoms with Crippen molar-refractivity contribution < 1.29 is 9.53 Å². The monoisotopic (exact) mass is 333 g/mol. The van der Waals surface area contributed by atoms with E-state index in [2.05, 4.69) is 10.3 Å². The highest BCUT2D eigenvalue weighted by molar-refractivity contribution is 6.04. The number of carbonyl (C=O) groups excluding carboxylic acids is 1. The van der Waals surface area contributed by atoms with Crippen molar-refractivity contribution in [3.63, 3.8) is 0 Å². The number of methoxy groups -OCH3 is 1. The summed E-state index contributed by atoms with van der Waals surface area (Å²) in [5, 5.41) is 2.86. The summed E-state index contributed by atoms with van der Waals surface area (Å²) in [6.45, 7) is 0. The highest BCUT2D eigenvalue weighted by Crippen LogP contribution is 2.23. The number of nitrogens with one attached hydrogen (secondary N) is 1. The van der Waals surface area contributed by atoms with E-state index in [-0.39, 0.29) is 5.91 Å². The molecule has 0 fully saturated rings. The standard InChI is InChI=1S/C20H19N3O2/c1-23(17-8-4-3-5-9-17)18-11-15(13-21-14-18)20(24)22-16-7-6-10-19(12-16)25-2/h3-14H,1-2H3,(H,22,24). The molecule has 0 spiro atoms. The third kappa shape index (κ3) is 3.95. The molecule has 0 aliphatic carbocycles. The van der Waals surface area contributed by atoms with E-state index in [1.54, 1.807) is 25.6 Å². The van der Waals surface area contributed by atoms with Gasteiger partial charge in [-0.15, -0.1) is 0 Å². The maximum atomic E-state index is 12.5. The summed E-state index contributed by atoms with van der Waals surface area (Å²) in [5.41, 5.74) is 3.02. The van der Waals surface area contributed by atoms with Crippen LogP contribution in [0.15, 0.2) is 73.1 Å². The number of rotatable bonds is 5. The fourth-order valence-corrected chi connectivity index (χ4v) is 2.44. The van der Waals surface area contributed by atoms with Crippen LogP contribution in [0.4, 0.5) is 17.1 Å². The molecule has 3 aromatic rings. The van der Waals surface area contributed by atoms with Gasteiger partial charge in [0.25, 0.3) is 5.91 Å². The molecule has 3 rings (SSSR count). The molecule has 0 saturated heterocycles. The number of ether oxygens (including phenoxy) is 1.